The summed E-state index contributed by atoms with van der Waals surface area (Å²) in [5.74, 6) is 4.40. The molecule has 0 aliphatic heterocycles. The third-order valence-corrected chi connectivity index (χ3v) is 32.6. The van der Waals surface area contributed by atoms with Crippen LogP contribution in [0.1, 0.15) is 121 Å². The Bertz CT molecular complexity index is 6980. The predicted molar refractivity (Wildman–Crippen MR) is 555 cm³/mol. The summed E-state index contributed by atoms with van der Waals surface area (Å²) in [6.07, 6.45) is 33.9. The third-order valence-electron chi connectivity index (χ3n) is 21.4. The molecule has 20 heterocycles. The van der Waals surface area contributed by atoms with E-state index >= 15 is 0 Å². The molecule has 22 rings (SSSR count). The van der Waals surface area contributed by atoms with Gasteiger partial charge in [-0.15, -0.1) is 90.7 Å². The van der Waals surface area contributed by atoms with Gasteiger partial charge in [0.05, 0.1) is 113 Å². The molecule has 39 heteroatoms. The van der Waals surface area contributed by atoms with E-state index in [0.29, 0.717) is 49.8 Å². The molecular weight excluding hydrogens is 2040 g/mol. The molecule has 0 saturated heterocycles. The Kier molecular flexibility index (Phi) is 35.0. The molecule has 2 N–H and O–H groups in total. The average molecular weight is 2130 g/mol. The third kappa shape index (κ3) is 27.1. The van der Waals surface area contributed by atoms with Gasteiger partial charge in [0.2, 0.25) is 26.4 Å². The predicted octanol–water partition coefficient (Wildman–Crippen LogP) is 26.4. The monoisotopic (exact) mass is 2120 g/mol. The Labute approximate surface area is 839 Å². The normalized spacial score (nSPS) is 14.5. The molecule has 20 aromatic rings. The van der Waals surface area contributed by atoms with Crippen molar-refractivity contribution in [3.05, 3.63) is 303 Å². The van der Waals surface area contributed by atoms with Crippen LogP contribution in [0.5, 0.6) is 0 Å². The SMILES string of the molecule is CCc1cc2nc(C[C@H]3CC[C@H](Cc4ccc(-n5ccccc5=O)cn4)C3)ncc2s1.CCc1cc2nc(Cl)ncc2s1.CCc1cc2nc(Cl)ncc2s1.Cc1cc2cc(Cl)ncc2s1.Cc1cc2nc(Cl)nc(Cl)c2s1.Clc1ncc2sc(CBr)cc2n1.O=c1ccccn1-c1ccc(C[C@H]2CC[C@H](Cc3ncc4sc(CO)cc4n3)C2)nc1.OCc1cc2nc(Cl)ncc2s1. The largest absolute Gasteiger partial charge is 0.391 e. The Morgan fingerprint density at radius 1 is 0.361 bits per heavy atom. The van der Waals surface area contributed by atoms with Crippen LogP contribution < -0.4 is 11.1 Å². The van der Waals surface area contributed by atoms with Crippen LogP contribution in [0.2, 0.25) is 36.7 Å². The van der Waals surface area contributed by atoms with Crippen LogP contribution in [0, 0.1) is 37.5 Å². The number of pyridine rings is 5. The molecular formula is C94H83BrCl7N19O4S8. The van der Waals surface area contributed by atoms with Gasteiger partial charge < -0.3 is 10.2 Å². The number of alkyl halides is 1. The van der Waals surface area contributed by atoms with Crippen molar-refractivity contribution < 1.29 is 10.2 Å². The standard InChI is InChI=1S/C25H26N4OS.C24H24N4O2S.2C8H7ClN2S.C8H6ClNS.C7H4BrClN2S.C7H4Cl2N2S.C7H5ClN2OS/c1-2-21-14-22-23(31-21)16-27-24(28-22)13-18-7-6-17(11-18)12-19-8-9-20(15-26-19)29-10-4-3-5-25(29)30;29-15-20-12-21-22(31-20)14-26-23(27-21)11-17-5-4-16(9-17)10-18-6-7-19(13-25-18)28-8-2-1-3-24(28)30;2*1-2-5-3-6-7(12-5)4-10-8(9)11-6;1-5-2-6-3-8(9)10-4-7(6)11-5;8-2-4-1-5-6(12-4)3-10-7(9)11-5;1-3-2-4-5(12-3)6(8)11-7(9)10-4;8-7-9-2-6-5(10-7)1-4(3-11)12-6/h3-5,8-10,14-18H,2,6-7,11-13H2,1H3;1-3,6-8,12-14,16-17,29H,4-5,9-11,15H2;2*3-4H,2H2,1H3;2-4H,1H3;1,3H,2H2;2H,1H3;1-2,11H,3H2/t17-,18-;16-,17-;;;;;;/m00....../s1. The van der Waals surface area contributed by atoms with Gasteiger partial charge in [-0.05, 0) is 263 Å². The fourth-order valence-corrected chi connectivity index (χ4v) is 23.8. The number of hydrogen-bond acceptors (Lipinski definition) is 29. The van der Waals surface area contributed by atoms with Crippen molar-refractivity contribution in [2.45, 2.75) is 137 Å². The Morgan fingerprint density at radius 3 is 1.13 bits per heavy atom. The number of aliphatic hydroxyl groups is 2. The number of aliphatic hydroxyl groups excluding tert-OH is 2. The van der Waals surface area contributed by atoms with Gasteiger partial charge in [-0.3, -0.25) is 28.7 Å². The molecule has 0 amide bonds. The minimum Gasteiger partial charge on any atom is -0.391 e. The van der Waals surface area contributed by atoms with Crippen molar-refractivity contribution in [1.29, 1.82) is 0 Å². The molecule has 4 atom stereocenters. The second kappa shape index (κ2) is 47.2. The van der Waals surface area contributed by atoms with E-state index in [1.807, 2.05) is 86.2 Å². The molecule has 2 aliphatic carbocycles. The van der Waals surface area contributed by atoms with Gasteiger partial charge in [0.1, 0.15) is 16.8 Å². The van der Waals surface area contributed by atoms with Gasteiger partial charge in [-0.25, -0.2) is 74.8 Å². The summed E-state index contributed by atoms with van der Waals surface area (Å²) < 4.78 is 11.8. The fraction of sp³-hybridized carbons (Fsp3) is 0.266. The van der Waals surface area contributed by atoms with Crippen LogP contribution in [-0.2, 0) is 63.5 Å². The molecule has 0 bridgehead atoms. The number of fused-ring (bicyclic) bond motifs is 8. The van der Waals surface area contributed by atoms with Gasteiger partial charge in [-0.1, -0.05) is 72.0 Å². The molecule has 0 radical (unpaired) electrons. The van der Waals surface area contributed by atoms with Crippen LogP contribution >= 0.6 is 188 Å². The highest BCUT2D eigenvalue weighted by Crippen LogP contribution is 2.39. The number of aromatic nitrogens is 19. The lowest BCUT2D eigenvalue weighted by molar-refractivity contribution is 0.285. The smallest absolute Gasteiger partial charge is 0.255 e. The van der Waals surface area contributed by atoms with E-state index in [2.05, 4.69) is 149 Å². The van der Waals surface area contributed by atoms with Crippen molar-refractivity contribution in [2.75, 3.05) is 0 Å². The van der Waals surface area contributed by atoms with Crippen LogP contribution in [-0.4, -0.2) is 104 Å². The molecule has 0 spiro atoms. The van der Waals surface area contributed by atoms with Gasteiger partial charge in [-0.2, -0.15) is 0 Å². The van der Waals surface area contributed by atoms with E-state index in [-0.39, 0.29) is 34.9 Å². The molecule has 0 aromatic carbocycles. The fourth-order valence-electron chi connectivity index (χ4n) is 15.1. The lowest BCUT2D eigenvalue weighted by atomic mass is 9.97. The van der Waals surface area contributed by atoms with Crippen LogP contribution in [0.25, 0.3) is 93.0 Å². The van der Waals surface area contributed by atoms with E-state index in [0.717, 1.165) is 173 Å². The maximum atomic E-state index is 12.0. The zero-order chi connectivity index (χ0) is 93.2. The van der Waals surface area contributed by atoms with Gasteiger partial charge in [0.15, 0.2) is 5.15 Å². The highest BCUT2D eigenvalue weighted by Gasteiger charge is 2.28. The first kappa shape index (κ1) is 98.5. The molecule has 133 heavy (non-hydrogen) atoms. The molecule has 2 aliphatic rings. The van der Waals surface area contributed by atoms with Gasteiger partial charge >= 0.3 is 0 Å². The molecule has 2 saturated carbocycles. The summed E-state index contributed by atoms with van der Waals surface area (Å²) in [7, 11) is 0. The highest BCUT2D eigenvalue weighted by atomic mass is 79.9. The lowest BCUT2D eigenvalue weighted by Crippen LogP contribution is -2.15. The van der Waals surface area contributed by atoms with Crippen molar-refractivity contribution >= 4 is 269 Å². The topological polar surface area (TPSA) is 304 Å². The first-order valence-corrected chi connectivity index (χ1v) is 52.5. The molecule has 23 nitrogen and oxygen atoms in total. The van der Waals surface area contributed by atoms with E-state index in [9.17, 15) is 14.7 Å². The number of halogens is 8. The summed E-state index contributed by atoms with van der Waals surface area (Å²) in [6.45, 7) is 10.6. The molecule has 0 unspecified atom stereocenters. The van der Waals surface area contributed by atoms with Crippen molar-refractivity contribution in [3.63, 3.8) is 0 Å². The van der Waals surface area contributed by atoms with Crippen LogP contribution in [0.3, 0.4) is 0 Å². The number of hydrogen-bond donors (Lipinski definition) is 2. The van der Waals surface area contributed by atoms with Crippen molar-refractivity contribution in [1.82, 2.24) is 93.9 Å². The van der Waals surface area contributed by atoms with E-state index < -0.39 is 0 Å². The number of rotatable bonds is 16. The van der Waals surface area contributed by atoms with Gasteiger partial charge in [0, 0.05) is 136 Å². The lowest BCUT2D eigenvalue weighted by Gasteiger charge is -2.11. The van der Waals surface area contributed by atoms with Gasteiger partial charge in [0.25, 0.3) is 11.1 Å². The minimum absolute atomic E-state index is 0.0375. The first-order valence-electron chi connectivity index (χ1n) is 42.2. The van der Waals surface area contributed by atoms with Crippen LogP contribution in [0.4, 0.5) is 0 Å². The maximum Gasteiger partial charge on any atom is 0.255 e. The van der Waals surface area contributed by atoms with E-state index in [1.165, 1.54) is 82.6 Å². The number of thiophene rings is 8. The number of nitrogens with zero attached hydrogens (tertiary/aromatic N) is 19. The second-order valence-corrected chi connectivity index (χ2v) is 43.5. The quantitative estimate of drug-likeness (QED) is 0.0393. The Morgan fingerprint density at radius 2 is 0.729 bits per heavy atom. The summed E-state index contributed by atoms with van der Waals surface area (Å²) in [4.78, 5) is 105. The van der Waals surface area contributed by atoms with E-state index in [4.69, 9.17) is 96.3 Å². The zero-order valence-electron chi connectivity index (χ0n) is 71.9. The van der Waals surface area contributed by atoms with Crippen molar-refractivity contribution in [2.24, 2.45) is 23.7 Å². The first-order chi connectivity index (χ1) is 64.4. The summed E-state index contributed by atoms with van der Waals surface area (Å²) in [6, 6.07) is 36.5. The van der Waals surface area contributed by atoms with Crippen molar-refractivity contribution in [3.8, 4) is 11.4 Å². The summed E-state index contributed by atoms with van der Waals surface area (Å²) in [5, 5.41) is 22.6. The zero-order valence-corrected chi connectivity index (χ0v) is 85.4. The average Bonchev–Trinajstić information content (AvgIpc) is 1.74. The Hall–Kier alpha value is -8.98. The van der Waals surface area contributed by atoms with E-state index in [1.54, 1.807) is 162 Å². The highest BCUT2D eigenvalue weighted by molar-refractivity contribution is 9.08. The maximum absolute atomic E-state index is 12.0. The molecule has 2 fully saturated rings. The second-order valence-electron chi connectivity index (χ2n) is 30.9. The molecule has 682 valence electrons. The number of aryl methyl sites for hydroxylation is 5. The summed E-state index contributed by atoms with van der Waals surface area (Å²) >= 11 is 56.4. The molecule has 20 aromatic heterocycles. The summed E-state index contributed by atoms with van der Waals surface area (Å²) in [5.41, 5.74) is 10.2. The van der Waals surface area contributed by atoms with Crippen LogP contribution in [0.15, 0.2) is 193 Å². The minimum atomic E-state index is -0.0499. The Balaban J connectivity index is 0.000000121.